The minimum atomic E-state index is 0.266. The highest BCUT2D eigenvalue weighted by atomic mass is 35.5. The molecule has 0 radical (unpaired) electrons. The molecular formula is C13H14ClN3. The monoisotopic (exact) mass is 247 g/mol. The molecular weight excluding hydrogens is 234 g/mol. The van der Waals surface area contributed by atoms with Crippen molar-refractivity contribution in [1.29, 1.82) is 0 Å². The van der Waals surface area contributed by atoms with E-state index in [1.165, 1.54) is 5.56 Å². The van der Waals surface area contributed by atoms with Crippen molar-refractivity contribution in [3.8, 4) is 0 Å². The van der Waals surface area contributed by atoms with Gasteiger partial charge in [-0.3, -0.25) is 0 Å². The second-order valence-electron chi connectivity index (χ2n) is 3.95. The standard InChI is InChI=1S/C13H14ClN3/c1-10(9-11-5-3-2-4-6-11)16-12-7-8-15-13(14)17-12/h2-8,10H,9H2,1H3,(H,15,16,17). The summed E-state index contributed by atoms with van der Waals surface area (Å²) in [4.78, 5) is 7.94. The zero-order chi connectivity index (χ0) is 12.1. The molecule has 0 aliphatic heterocycles. The van der Waals surface area contributed by atoms with E-state index in [4.69, 9.17) is 11.6 Å². The van der Waals surface area contributed by atoms with Crippen molar-refractivity contribution in [2.45, 2.75) is 19.4 Å². The number of hydrogen-bond acceptors (Lipinski definition) is 3. The van der Waals surface area contributed by atoms with Gasteiger partial charge in [0.1, 0.15) is 5.82 Å². The van der Waals surface area contributed by atoms with Crippen LogP contribution in [0.1, 0.15) is 12.5 Å². The Hall–Kier alpha value is -1.61. The summed E-state index contributed by atoms with van der Waals surface area (Å²) in [6, 6.07) is 12.5. The van der Waals surface area contributed by atoms with E-state index in [0.717, 1.165) is 12.2 Å². The Morgan fingerprint density at radius 3 is 2.71 bits per heavy atom. The summed E-state index contributed by atoms with van der Waals surface area (Å²) in [7, 11) is 0. The maximum absolute atomic E-state index is 5.73. The van der Waals surface area contributed by atoms with Crippen molar-refractivity contribution in [3.63, 3.8) is 0 Å². The van der Waals surface area contributed by atoms with Crippen molar-refractivity contribution in [3.05, 3.63) is 53.4 Å². The van der Waals surface area contributed by atoms with Gasteiger partial charge in [-0.25, -0.2) is 9.97 Å². The third kappa shape index (κ3) is 3.71. The van der Waals surface area contributed by atoms with Crippen LogP contribution in [0, 0.1) is 0 Å². The molecule has 1 unspecified atom stereocenters. The van der Waals surface area contributed by atoms with Gasteiger partial charge in [-0.1, -0.05) is 30.3 Å². The molecule has 0 saturated heterocycles. The molecule has 17 heavy (non-hydrogen) atoms. The fraction of sp³-hybridized carbons (Fsp3) is 0.231. The Morgan fingerprint density at radius 2 is 2.00 bits per heavy atom. The minimum Gasteiger partial charge on any atom is -0.367 e. The van der Waals surface area contributed by atoms with Gasteiger partial charge >= 0.3 is 0 Å². The second kappa shape index (κ2) is 5.64. The molecule has 1 aromatic carbocycles. The molecule has 1 aromatic heterocycles. The lowest BCUT2D eigenvalue weighted by Gasteiger charge is -2.14. The highest BCUT2D eigenvalue weighted by Gasteiger charge is 2.04. The van der Waals surface area contributed by atoms with Crippen molar-refractivity contribution in [1.82, 2.24) is 9.97 Å². The summed E-state index contributed by atoms with van der Waals surface area (Å²) in [5.74, 6) is 0.758. The van der Waals surface area contributed by atoms with Crippen LogP contribution in [0.15, 0.2) is 42.6 Å². The summed E-state index contributed by atoms with van der Waals surface area (Å²) in [5, 5.41) is 3.56. The van der Waals surface area contributed by atoms with E-state index in [0.29, 0.717) is 6.04 Å². The fourth-order valence-electron chi connectivity index (χ4n) is 1.69. The van der Waals surface area contributed by atoms with Crippen LogP contribution < -0.4 is 5.32 Å². The lowest BCUT2D eigenvalue weighted by Crippen LogP contribution is -2.18. The van der Waals surface area contributed by atoms with Gasteiger partial charge in [-0.05, 0) is 36.6 Å². The Labute approximate surface area is 106 Å². The largest absolute Gasteiger partial charge is 0.367 e. The molecule has 0 spiro atoms. The van der Waals surface area contributed by atoms with E-state index in [2.05, 4.69) is 34.3 Å². The predicted octanol–water partition coefficient (Wildman–Crippen LogP) is 3.17. The van der Waals surface area contributed by atoms with Crippen LogP contribution in [0.3, 0.4) is 0 Å². The Balaban J connectivity index is 1.96. The van der Waals surface area contributed by atoms with Crippen LogP contribution in [0.4, 0.5) is 5.82 Å². The lowest BCUT2D eigenvalue weighted by atomic mass is 10.1. The van der Waals surface area contributed by atoms with Crippen molar-refractivity contribution < 1.29 is 0 Å². The number of benzene rings is 1. The summed E-state index contributed by atoms with van der Waals surface area (Å²) >= 11 is 5.73. The normalized spacial score (nSPS) is 12.1. The van der Waals surface area contributed by atoms with Gasteiger partial charge in [0.15, 0.2) is 0 Å². The van der Waals surface area contributed by atoms with Gasteiger partial charge in [0.05, 0.1) is 0 Å². The van der Waals surface area contributed by atoms with Crippen LogP contribution in [-0.2, 0) is 6.42 Å². The quantitative estimate of drug-likeness (QED) is 0.844. The first-order chi connectivity index (χ1) is 8.24. The smallest absolute Gasteiger partial charge is 0.224 e. The van der Waals surface area contributed by atoms with Gasteiger partial charge in [-0.15, -0.1) is 0 Å². The molecule has 88 valence electrons. The third-order valence-corrected chi connectivity index (χ3v) is 2.59. The molecule has 0 amide bonds. The highest BCUT2D eigenvalue weighted by Crippen LogP contribution is 2.10. The fourth-order valence-corrected chi connectivity index (χ4v) is 1.83. The van der Waals surface area contributed by atoms with Crippen LogP contribution in [0.25, 0.3) is 0 Å². The Bertz CT molecular complexity index is 473. The Kier molecular flexibility index (Phi) is 3.94. The molecule has 0 aliphatic carbocycles. The van der Waals surface area contributed by atoms with E-state index in [-0.39, 0.29) is 5.28 Å². The summed E-state index contributed by atoms with van der Waals surface area (Å²) in [6.07, 6.45) is 2.59. The summed E-state index contributed by atoms with van der Waals surface area (Å²) in [5.41, 5.74) is 1.30. The molecule has 4 heteroatoms. The van der Waals surface area contributed by atoms with Gasteiger partial charge < -0.3 is 5.32 Å². The van der Waals surface area contributed by atoms with Crippen LogP contribution in [-0.4, -0.2) is 16.0 Å². The SMILES string of the molecule is CC(Cc1ccccc1)Nc1ccnc(Cl)n1. The van der Waals surface area contributed by atoms with E-state index < -0.39 is 0 Å². The molecule has 0 saturated carbocycles. The number of nitrogens with zero attached hydrogens (tertiary/aromatic N) is 2. The zero-order valence-corrected chi connectivity index (χ0v) is 10.4. The number of hydrogen-bond donors (Lipinski definition) is 1. The minimum absolute atomic E-state index is 0.266. The van der Waals surface area contributed by atoms with Crippen molar-refractivity contribution in [2.75, 3.05) is 5.32 Å². The lowest BCUT2D eigenvalue weighted by molar-refractivity contribution is 0.783. The van der Waals surface area contributed by atoms with Crippen LogP contribution >= 0.6 is 11.6 Å². The number of aromatic nitrogens is 2. The molecule has 0 fully saturated rings. The van der Waals surface area contributed by atoms with Crippen molar-refractivity contribution >= 4 is 17.4 Å². The summed E-state index contributed by atoms with van der Waals surface area (Å²) in [6.45, 7) is 2.11. The number of halogens is 1. The average Bonchev–Trinajstić information content (AvgIpc) is 2.30. The number of rotatable bonds is 4. The molecule has 0 aliphatic rings. The van der Waals surface area contributed by atoms with Crippen LogP contribution in [0.2, 0.25) is 5.28 Å². The molecule has 0 bridgehead atoms. The summed E-state index contributed by atoms with van der Waals surface area (Å²) < 4.78 is 0. The van der Waals surface area contributed by atoms with E-state index in [9.17, 15) is 0 Å². The first-order valence-corrected chi connectivity index (χ1v) is 5.91. The predicted molar refractivity (Wildman–Crippen MR) is 70.3 cm³/mol. The zero-order valence-electron chi connectivity index (χ0n) is 9.60. The maximum atomic E-state index is 5.73. The molecule has 2 rings (SSSR count). The van der Waals surface area contributed by atoms with Gasteiger partial charge in [0.2, 0.25) is 5.28 Å². The topological polar surface area (TPSA) is 37.8 Å². The maximum Gasteiger partial charge on any atom is 0.224 e. The molecule has 3 nitrogen and oxygen atoms in total. The highest BCUT2D eigenvalue weighted by molar-refractivity contribution is 6.28. The first kappa shape index (κ1) is 11.9. The van der Waals surface area contributed by atoms with Crippen molar-refractivity contribution in [2.24, 2.45) is 0 Å². The molecule has 1 heterocycles. The van der Waals surface area contributed by atoms with E-state index >= 15 is 0 Å². The van der Waals surface area contributed by atoms with Gasteiger partial charge in [-0.2, -0.15) is 0 Å². The molecule has 1 N–H and O–H groups in total. The van der Waals surface area contributed by atoms with Gasteiger partial charge in [0, 0.05) is 12.2 Å². The number of nitrogens with one attached hydrogen (secondary N) is 1. The average molecular weight is 248 g/mol. The third-order valence-electron chi connectivity index (χ3n) is 2.41. The van der Waals surface area contributed by atoms with Crippen LogP contribution in [0.5, 0.6) is 0 Å². The Morgan fingerprint density at radius 1 is 1.24 bits per heavy atom. The first-order valence-electron chi connectivity index (χ1n) is 5.53. The van der Waals surface area contributed by atoms with E-state index in [1.54, 1.807) is 6.20 Å². The second-order valence-corrected chi connectivity index (χ2v) is 4.28. The molecule has 2 aromatic rings. The van der Waals surface area contributed by atoms with Gasteiger partial charge in [0.25, 0.3) is 0 Å². The number of anilines is 1. The molecule has 1 atom stereocenters. The van der Waals surface area contributed by atoms with E-state index in [1.807, 2.05) is 24.3 Å².